The van der Waals surface area contributed by atoms with Gasteiger partial charge >= 0.3 is 0 Å². The quantitative estimate of drug-likeness (QED) is 0.662. The molecule has 2 nitrogen and oxygen atoms in total. The molecule has 2 aromatic rings. The van der Waals surface area contributed by atoms with Crippen molar-refractivity contribution < 1.29 is 0 Å². The molecule has 0 atom stereocenters. The largest absolute Gasteiger partial charge is 0.334 e. The Morgan fingerprint density at radius 3 is 3.09 bits per heavy atom. The van der Waals surface area contributed by atoms with Crippen molar-refractivity contribution in [3.8, 4) is 0 Å². The van der Waals surface area contributed by atoms with Crippen molar-refractivity contribution in [3.05, 3.63) is 28.1 Å². The van der Waals surface area contributed by atoms with Crippen LogP contribution in [0.3, 0.4) is 0 Å². The number of benzene rings is 1. The summed E-state index contributed by atoms with van der Waals surface area (Å²) < 4.78 is 3.25. The first kappa shape index (κ1) is 7.09. The van der Waals surface area contributed by atoms with Gasteiger partial charge < -0.3 is 4.57 Å². The van der Waals surface area contributed by atoms with Crippen LogP contribution in [0.25, 0.3) is 11.0 Å². The molecule has 0 N–H and O–H groups in total. The summed E-state index contributed by atoms with van der Waals surface area (Å²) in [7, 11) is 2.00. The molecule has 0 aliphatic carbocycles. The molecule has 0 bridgehead atoms. The van der Waals surface area contributed by atoms with Crippen LogP contribution in [0.4, 0.5) is 0 Å². The summed E-state index contributed by atoms with van der Waals surface area (Å²) in [6, 6.07) is 6.25. The fourth-order valence-corrected chi connectivity index (χ4v) is 1.58. The standard InChI is InChI=1S/C8H7IN2/c1-11-5-10-7-4-6(9)2-3-8(7)11/h2-5H,1H3. The van der Waals surface area contributed by atoms with Crippen molar-refractivity contribution in [2.24, 2.45) is 7.05 Å². The van der Waals surface area contributed by atoms with Crippen molar-refractivity contribution in [2.75, 3.05) is 0 Å². The zero-order valence-corrected chi connectivity index (χ0v) is 8.24. The van der Waals surface area contributed by atoms with Gasteiger partial charge in [0, 0.05) is 10.6 Å². The van der Waals surface area contributed by atoms with Gasteiger partial charge in [-0.05, 0) is 40.8 Å². The molecule has 1 heterocycles. The molecule has 1 aromatic carbocycles. The van der Waals surface area contributed by atoms with Crippen LogP contribution in [0.15, 0.2) is 24.5 Å². The number of imidazole rings is 1. The predicted molar refractivity (Wildman–Crippen MR) is 53.4 cm³/mol. The van der Waals surface area contributed by atoms with E-state index >= 15 is 0 Å². The van der Waals surface area contributed by atoms with Gasteiger partial charge in [0.15, 0.2) is 0 Å². The Kier molecular flexibility index (Phi) is 1.60. The average Bonchev–Trinajstić information content (AvgIpc) is 2.32. The van der Waals surface area contributed by atoms with Crippen molar-refractivity contribution >= 4 is 33.6 Å². The second-order valence-corrected chi connectivity index (χ2v) is 3.73. The maximum atomic E-state index is 4.24. The van der Waals surface area contributed by atoms with E-state index in [1.54, 1.807) is 0 Å². The highest BCUT2D eigenvalue weighted by Crippen LogP contribution is 2.14. The minimum absolute atomic E-state index is 1.07. The molecule has 3 heteroatoms. The normalized spacial score (nSPS) is 10.7. The fourth-order valence-electron chi connectivity index (χ4n) is 1.11. The summed E-state index contributed by atoms with van der Waals surface area (Å²) >= 11 is 2.29. The second-order valence-electron chi connectivity index (χ2n) is 2.49. The van der Waals surface area contributed by atoms with Crippen LogP contribution < -0.4 is 0 Å². The molecule has 0 saturated heterocycles. The summed E-state index contributed by atoms with van der Waals surface area (Å²) in [6.45, 7) is 0. The molecule has 2 rings (SSSR count). The van der Waals surface area contributed by atoms with Gasteiger partial charge in [-0.15, -0.1) is 0 Å². The molecule has 0 amide bonds. The third kappa shape index (κ3) is 1.13. The van der Waals surface area contributed by atoms with Crippen LogP contribution in [-0.2, 0) is 7.05 Å². The van der Waals surface area contributed by atoms with Crippen molar-refractivity contribution in [1.29, 1.82) is 0 Å². The zero-order valence-electron chi connectivity index (χ0n) is 6.08. The minimum Gasteiger partial charge on any atom is -0.334 e. The Morgan fingerprint density at radius 1 is 1.45 bits per heavy atom. The van der Waals surface area contributed by atoms with Crippen LogP contribution in [0.1, 0.15) is 0 Å². The lowest BCUT2D eigenvalue weighted by Crippen LogP contribution is -1.82. The Bertz CT molecular complexity index is 392. The minimum atomic E-state index is 1.07. The van der Waals surface area contributed by atoms with Gasteiger partial charge in [-0.1, -0.05) is 0 Å². The molecule has 11 heavy (non-hydrogen) atoms. The van der Waals surface area contributed by atoms with Crippen LogP contribution in [0.5, 0.6) is 0 Å². The summed E-state index contributed by atoms with van der Waals surface area (Å²) in [5, 5.41) is 0. The molecular formula is C8H7IN2. The van der Waals surface area contributed by atoms with Crippen molar-refractivity contribution in [1.82, 2.24) is 9.55 Å². The SMILES string of the molecule is Cn1cnc2cc(I)ccc21. The molecule has 0 fully saturated rings. The highest BCUT2D eigenvalue weighted by atomic mass is 127. The molecular weight excluding hydrogens is 251 g/mol. The van der Waals surface area contributed by atoms with Crippen molar-refractivity contribution in [2.45, 2.75) is 0 Å². The van der Waals surface area contributed by atoms with E-state index in [0.29, 0.717) is 0 Å². The third-order valence-corrected chi connectivity index (χ3v) is 2.36. The summed E-state index contributed by atoms with van der Waals surface area (Å²) in [6.07, 6.45) is 1.83. The Hall–Kier alpha value is -0.580. The Labute approximate surface area is 78.4 Å². The lowest BCUT2D eigenvalue weighted by Gasteiger charge is -1.92. The monoisotopic (exact) mass is 258 g/mol. The molecule has 0 radical (unpaired) electrons. The van der Waals surface area contributed by atoms with E-state index in [-0.39, 0.29) is 0 Å². The topological polar surface area (TPSA) is 17.8 Å². The van der Waals surface area contributed by atoms with Crippen LogP contribution in [0, 0.1) is 3.57 Å². The van der Waals surface area contributed by atoms with E-state index < -0.39 is 0 Å². The number of aryl methyl sites for hydroxylation is 1. The zero-order chi connectivity index (χ0) is 7.84. The molecule has 56 valence electrons. The van der Waals surface area contributed by atoms with Gasteiger partial charge in [-0.2, -0.15) is 0 Å². The van der Waals surface area contributed by atoms with Gasteiger partial charge in [0.25, 0.3) is 0 Å². The second kappa shape index (κ2) is 2.48. The highest BCUT2D eigenvalue weighted by molar-refractivity contribution is 14.1. The van der Waals surface area contributed by atoms with Gasteiger partial charge in [0.2, 0.25) is 0 Å². The number of rotatable bonds is 0. The molecule has 0 aliphatic rings. The molecule has 1 aromatic heterocycles. The van der Waals surface area contributed by atoms with E-state index in [4.69, 9.17) is 0 Å². The number of hydrogen-bond acceptors (Lipinski definition) is 1. The van der Waals surface area contributed by atoms with E-state index in [1.807, 2.05) is 17.9 Å². The molecule has 0 spiro atoms. The fraction of sp³-hybridized carbons (Fsp3) is 0.125. The molecule has 0 aliphatic heterocycles. The Balaban J connectivity index is 2.86. The Morgan fingerprint density at radius 2 is 2.27 bits per heavy atom. The first-order valence-corrected chi connectivity index (χ1v) is 4.42. The predicted octanol–water partition coefficient (Wildman–Crippen LogP) is 2.18. The van der Waals surface area contributed by atoms with E-state index in [0.717, 1.165) is 5.52 Å². The first-order chi connectivity index (χ1) is 5.27. The summed E-state index contributed by atoms with van der Waals surface area (Å²) in [4.78, 5) is 4.24. The number of hydrogen-bond donors (Lipinski definition) is 0. The number of halogens is 1. The van der Waals surface area contributed by atoms with Gasteiger partial charge in [-0.25, -0.2) is 4.98 Å². The van der Waals surface area contributed by atoms with Gasteiger partial charge in [0.1, 0.15) is 0 Å². The van der Waals surface area contributed by atoms with Crippen molar-refractivity contribution in [3.63, 3.8) is 0 Å². The lowest BCUT2D eigenvalue weighted by molar-refractivity contribution is 0.947. The number of aromatic nitrogens is 2. The van der Waals surface area contributed by atoms with Crippen LogP contribution in [-0.4, -0.2) is 9.55 Å². The summed E-state index contributed by atoms with van der Waals surface area (Å²) in [5.74, 6) is 0. The van der Waals surface area contributed by atoms with Gasteiger partial charge in [-0.3, -0.25) is 0 Å². The van der Waals surface area contributed by atoms with E-state index in [9.17, 15) is 0 Å². The number of fused-ring (bicyclic) bond motifs is 1. The van der Waals surface area contributed by atoms with Crippen LogP contribution >= 0.6 is 22.6 Å². The summed E-state index contributed by atoms with van der Waals surface area (Å²) in [5.41, 5.74) is 2.25. The first-order valence-electron chi connectivity index (χ1n) is 3.34. The molecule has 0 unspecified atom stereocenters. The maximum absolute atomic E-state index is 4.24. The number of nitrogens with zero attached hydrogens (tertiary/aromatic N) is 2. The molecule has 0 saturated carbocycles. The van der Waals surface area contributed by atoms with E-state index in [2.05, 4.69) is 45.8 Å². The average molecular weight is 258 g/mol. The maximum Gasteiger partial charge on any atom is 0.0955 e. The third-order valence-electron chi connectivity index (χ3n) is 1.69. The van der Waals surface area contributed by atoms with Gasteiger partial charge in [0.05, 0.1) is 17.4 Å². The highest BCUT2D eigenvalue weighted by Gasteiger charge is 1.97. The van der Waals surface area contributed by atoms with Crippen LogP contribution in [0.2, 0.25) is 0 Å². The van der Waals surface area contributed by atoms with E-state index in [1.165, 1.54) is 9.09 Å². The smallest absolute Gasteiger partial charge is 0.0955 e. The lowest BCUT2D eigenvalue weighted by atomic mass is 10.3.